The number of hydrogen-bond donors (Lipinski definition) is 0. The fourth-order valence-corrected chi connectivity index (χ4v) is 1.67. The first-order valence-corrected chi connectivity index (χ1v) is 6.01. The summed E-state index contributed by atoms with van der Waals surface area (Å²) in [4.78, 5) is 10.7. The molecule has 0 bridgehead atoms. The summed E-state index contributed by atoms with van der Waals surface area (Å²) in [6, 6.07) is 4.25. The summed E-state index contributed by atoms with van der Waals surface area (Å²) < 4.78 is 35.8. The Hall–Kier alpha value is 1.67. The monoisotopic (exact) mass is 336 g/mol. The van der Waals surface area contributed by atoms with Crippen LogP contribution in [-0.2, 0) is 15.2 Å². The van der Waals surface area contributed by atoms with Gasteiger partial charge in [0.2, 0.25) is 0 Å². The molecule has 1 atom stereocenters. The second kappa shape index (κ2) is 9.64. The van der Waals surface area contributed by atoms with Crippen LogP contribution in [0.1, 0.15) is 24.0 Å². The molecule has 0 N–H and O–H groups in total. The van der Waals surface area contributed by atoms with E-state index in [2.05, 4.69) is 4.18 Å². The number of carboxylic acids is 1. The maximum absolute atomic E-state index is 10.7. The summed E-state index contributed by atoms with van der Waals surface area (Å²) in [6.07, 6.45) is 0. The van der Waals surface area contributed by atoms with Crippen molar-refractivity contribution in [3.63, 3.8) is 0 Å². The van der Waals surface area contributed by atoms with Gasteiger partial charge in [0.15, 0.2) is 0 Å². The number of carboxylic acid groups (broad SMARTS) is 1. The fourth-order valence-electron chi connectivity index (χ4n) is 1.31. The number of aliphatic carboxylic acids is 1. The molecule has 0 aliphatic carbocycles. The van der Waals surface area contributed by atoms with E-state index in [9.17, 15) is 22.9 Å². The molecule has 0 spiro atoms. The molecular weight excluding hydrogens is 326 g/mol. The standard InChI is InChI=1S/C10H12O6S.2K/c1-6-3-4-8(7(2)10(11)12)9(5-6)16-17(13,14)15;;/h3-5,7H,1-2H3,(H,11,12)(H,13,14,15);;/q;2*+1/p-2. The number of rotatable bonds is 4. The predicted octanol–water partition coefficient (Wildman–Crippen LogP) is -6.30. The SMILES string of the molecule is Cc1ccc(C(C)C(=O)[O-])c(OS(=O)(=O)[O-])c1.[K+].[K+]. The van der Waals surface area contributed by atoms with Crippen LogP contribution in [0.3, 0.4) is 0 Å². The van der Waals surface area contributed by atoms with Crippen molar-refractivity contribution < 1.29 is 130 Å². The van der Waals surface area contributed by atoms with Gasteiger partial charge in [0.25, 0.3) is 10.4 Å². The zero-order chi connectivity index (χ0) is 13.2. The molecule has 1 aromatic carbocycles. The third kappa shape index (κ3) is 8.02. The van der Waals surface area contributed by atoms with E-state index in [-0.39, 0.29) is 114 Å². The van der Waals surface area contributed by atoms with E-state index in [0.29, 0.717) is 5.56 Å². The zero-order valence-corrected chi connectivity index (χ0v) is 18.2. The quantitative estimate of drug-likeness (QED) is 0.308. The second-order valence-electron chi connectivity index (χ2n) is 3.57. The van der Waals surface area contributed by atoms with Gasteiger partial charge in [-0.2, -0.15) is 0 Å². The van der Waals surface area contributed by atoms with Crippen LogP contribution < -0.4 is 112 Å². The average molecular weight is 336 g/mol. The van der Waals surface area contributed by atoms with Crippen molar-refractivity contribution in [3.8, 4) is 5.75 Å². The van der Waals surface area contributed by atoms with Crippen molar-refractivity contribution in [1.82, 2.24) is 0 Å². The summed E-state index contributed by atoms with van der Waals surface area (Å²) in [5, 5.41) is 10.7. The molecule has 1 unspecified atom stereocenters. The van der Waals surface area contributed by atoms with Crippen molar-refractivity contribution >= 4 is 16.4 Å². The number of carbonyl (C=O) groups excluding carboxylic acids is 1. The molecule has 0 aliphatic rings. The third-order valence-corrected chi connectivity index (χ3v) is 2.56. The first-order valence-electron chi connectivity index (χ1n) is 4.67. The van der Waals surface area contributed by atoms with Crippen molar-refractivity contribution in [2.24, 2.45) is 0 Å². The van der Waals surface area contributed by atoms with Gasteiger partial charge < -0.3 is 18.6 Å². The van der Waals surface area contributed by atoms with Crippen molar-refractivity contribution in [2.75, 3.05) is 0 Å². The summed E-state index contributed by atoms with van der Waals surface area (Å²) in [6.45, 7) is 2.96. The number of aryl methyl sites for hydroxylation is 1. The Bertz CT molecular complexity index is 543. The van der Waals surface area contributed by atoms with Gasteiger partial charge in [-0.15, -0.1) is 0 Å². The molecule has 0 heterocycles. The molecule has 1 rings (SSSR count). The van der Waals surface area contributed by atoms with E-state index < -0.39 is 22.3 Å². The van der Waals surface area contributed by atoms with E-state index >= 15 is 0 Å². The number of carbonyl (C=O) groups is 1. The van der Waals surface area contributed by atoms with Crippen LogP contribution >= 0.6 is 0 Å². The number of benzene rings is 1. The maximum Gasteiger partial charge on any atom is 1.00 e. The van der Waals surface area contributed by atoms with Crippen LogP contribution in [0, 0.1) is 6.92 Å². The predicted molar refractivity (Wildman–Crippen MR) is 54.9 cm³/mol. The minimum atomic E-state index is -4.94. The van der Waals surface area contributed by atoms with Crippen LogP contribution in [0.15, 0.2) is 18.2 Å². The van der Waals surface area contributed by atoms with Crippen LogP contribution in [0.5, 0.6) is 5.75 Å². The Morgan fingerprint density at radius 1 is 1.32 bits per heavy atom. The van der Waals surface area contributed by atoms with Crippen molar-refractivity contribution in [2.45, 2.75) is 19.8 Å². The Kier molecular flexibility index (Phi) is 11.6. The minimum Gasteiger partial charge on any atom is -0.716 e. The van der Waals surface area contributed by atoms with Crippen molar-refractivity contribution in [3.05, 3.63) is 29.3 Å². The Morgan fingerprint density at radius 3 is 2.26 bits per heavy atom. The Balaban J connectivity index is 0. The molecular formula is C10H10K2O6S. The molecule has 0 aliphatic heterocycles. The molecule has 0 aromatic heterocycles. The van der Waals surface area contributed by atoms with Crippen LogP contribution in [0.25, 0.3) is 0 Å². The van der Waals surface area contributed by atoms with Gasteiger partial charge in [-0.3, -0.25) is 0 Å². The largest absolute Gasteiger partial charge is 1.00 e. The fraction of sp³-hybridized carbons (Fsp3) is 0.300. The zero-order valence-electron chi connectivity index (χ0n) is 11.2. The molecule has 0 fully saturated rings. The second-order valence-corrected chi connectivity index (χ2v) is 4.56. The maximum atomic E-state index is 10.7. The first-order chi connectivity index (χ1) is 7.70. The molecule has 6 nitrogen and oxygen atoms in total. The van der Waals surface area contributed by atoms with Crippen LogP contribution in [-0.4, -0.2) is 18.9 Å². The Labute approximate surface area is 197 Å². The topological polar surface area (TPSA) is 107 Å². The molecule has 0 radical (unpaired) electrons. The van der Waals surface area contributed by atoms with Gasteiger partial charge in [0, 0.05) is 17.5 Å². The van der Waals surface area contributed by atoms with E-state index in [1.165, 1.54) is 19.1 Å². The average Bonchev–Trinajstić information content (AvgIpc) is 2.14. The van der Waals surface area contributed by atoms with E-state index in [1.807, 2.05) is 0 Å². The van der Waals surface area contributed by atoms with Gasteiger partial charge in [0.1, 0.15) is 5.75 Å². The summed E-state index contributed by atoms with van der Waals surface area (Å²) in [7, 11) is -4.94. The molecule has 94 valence electrons. The van der Waals surface area contributed by atoms with Crippen LogP contribution in [0.4, 0.5) is 0 Å². The van der Waals surface area contributed by atoms with Gasteiger partial charge in [-0.05, 0) is 18.6 Å². The van der Waals surface area contributed by atoms with E-state index in [4.69, 9.17) is 0 Å². The van der Waals surface area contributed by atoms with Gasteiger partial charge in [-0.25, -0.2) is 8.42 Å². The molecule has 9 heteroatoms. The first kappa shape index (κ1) is 22.9. The van der Waals surface area contributed by atoms with Crippen LogP contribution in [0.2, 0.25) is 0 Å². The van der Waals surface area contributed by atoms with E-state index in [0.717, 1.165) is 0 Å². The smallest absolute Gasteiger partial charge is 0.716 e. The summed E-state index contributed by atoms with van der Waals surface area (Å²) in [5.74, 6) is -2.74. The molecule has 0 saturated heterocycles. The Morgan fingerprint density at radius 2 is 1.84 bits per heavy atom. The summed E-state index contributed by atoms with van der Waals surface area (Å²) >= 11 is 0. The number of hydrogen-bond acceptors (Lipinski definition) is 6. The van der Waals surface area contributed by atoms with Gasteiger partial charge in [-0.1, -0.05) is 19.1 Å². The van der Waals surface area contributed by atoms with Crippen molar-refractivity contribution in [1.29, 1.82) is 0 Å². The molecule has 19 heavy (non-hydrogen) atoms. The van der Waals surface area contributed by atoms with Gasteiger partial charge >= 0.3 is 103 Å². The van der Waals surface area contributed by atoms with Gasteiger partial charge in [0.05, 0.1) is 0 Å². The van der Waals surface area contributed by atoms with E-state index in [1.54, 1.807) is 13.0 Å². The normalized spacial score (nSPS) is 11.7. The third-order valence-electron chi connectivity index (χ3n) is 2.18. The molecule has 1 aromatic rings. The summed E-state index contributed by atoms with van der Waals surface area (Å²) in [5.41, 5.74) is 0.716. The minimum absolute atomic E-state index is 0. The molecule has 0 amide bonds. The molecule has 0 saturated carbocycles.